The Labute approximate surface area is 205 Å². The van der Waals surface area contributed by atoms with Gasteiger partial charge in [-0.1, -0.05) is 0 Å². The number of aromatic hydroxyl groups is 1. The highest BCUT2D eigenvalue weighted by atomic mass is 19.1. The molecule has 1 aliphatic heterocycles. The number of ketones is 1. The molecule has 0 radical (unpaired) electrons. The minimum Gasteiger partial charge on any atom is -0.508 e. The Hall–Kier alpha value is -3.91. The molecule has 1 saturated heterocycles. The molecule has 0 spiro atoms. The summed E-state index contributed by atoms with van der Waals surface area (Å²) in [4.78, 5) is 20.1. The lowest BCUT2D eigenvalue weighted by Gasteiger charge is -2.37. The third kappa shape index (κ3) is 4.77. The van der Waals surface area contributed by atoms with Crippen molar-refractivity contribution in [1.29, 1.82) is 0 Å². The van der Waals surface area contributed by atoms with Crippen molar-refractivity contribution in [3.8, 4) is 22.6 Å². The Kier molecular flexibility index (Phi) is 6.61. The van der Waals surface area contributed by atoms with Crippen LogP contribution in [0.25, 0.3) is 22.0 Å². The third-order valence-electron chi connectivity index (χ3n) is 6.34. The first-order valence-electron chi connectivity index (χ1n) is 11.6. The number of hydrogen-bond acceptors (Lipinski definition) is 5. The van der Waals surface area contributed by atoms with Gasteiger partial charge in [-0.2, -0.15) is 0 Å². The van der Waals surface area contributed by atoms with E-state index < -0.39 is 11.6 Å². The van der Waals surface area contributed by atoms with E-state index in [4.69, 9.17) is 4.74 Å². The van der Waals surface area contributed by atoms with Crippen LogP contribution in [0.3, 0.4) is 0 Å². The lowest BCUT2D eigenvalue weighted by Crippen LogP contribution is -2.49. The molecule has 1 aromatic heterocycles. The van der Waals surface area contributed by atoms with Gasteiger partial charge in [0.15, 0.2) is 5.78 Å². The number of carbonyl (C=O) groups is 1. The van der Waals surface area contributed by atoms with Gasteiger partial charge in [0.05, 0.1) is 12.2 Å². The van der Waals surface area contributed by atoms with Gasteiger partial charge in [-0.3, -0.25) is 19.1 Å². The fraction of sp³-hybridized carbons (Fsp3) is 0.214. The standard InChI is InChI=1S/C28H23F3N2O3/c29-13-17-15-33(16-17)9-10-36-21-5-1-18(2-6-21)28(35)27-23-8-4-20(34)12-26(23)32-14-24(27)22-7-3-19(30)11-25(22)31/h1-8,11-12,14,17,34H,9-10,13,15-16H2. The van der Waals surface area contributed by atoms with Crippen molar-refractivity contribution in [2.24, 2.45) is 5.92 Å². The molecule has 36 heavy (non-hydrogen) atoms. The maximum atomic E-state index is 14.7. The average Bonchev–Trinajstić information content (AvgIpc) is 2.85. The topological polar surface area (TPSA) is 62.7 Å². The van der Waals surface area contributed by atoms with E-state index in [0.29, 0.717) is 35.4 Å². The van der Waals surface area contributed by atoms with Crippen molar-refractivity contribution in [1.82, 2.24) is 9.88 Å². The van der Waals surface area contributed by atoms with Gasteiger partial charge in [-0.25, -0.2) is 8.78 Å². The Morgan fingerprint density at radius 1 is 1.03 bits per heavy atom. The number of likely N-dealkylation sites (tertiary alicyclic amines) is 1. The van der Waals surface area contributed by atoms with E-state index in [1.165, 1.54) is 24.4 Å². The number of aromatic nitrogens is 1. The molecule has 0 saturated carbocycles. The number of phenolic OH excluding ortho intramolecular Hbond substituents is 1. The molecule has 2 heterocycles. The number of carbonyl (C=O) groups excluding carboxylic acids is 1. The van der Waals surface area contributed by atoms with E-state index in [1.807, 2.05) is 0 Å². The molecule has 0 aliphatic carbocycles. The third-order valence-corrected chi connectivity index (χ3v) is 6.34. The molecule has 0 atom stereocenters. The van der Waals surface area contributed by atoms with Gasteiger partial charge in [0.25, 0.3) is 0 Å². The normalized spacial score (nSPS) is 14.1. The van der Waals surface area contributed by atoms with E-state index in [1.54, 1.807) is 30.3 Å². The smallest absolute Gasteiger partial charge is 0.194 e. The van der Waals surface area contributed by atoms with Crippen LogP contribution in [0.15, 0.2) is 66.9 Å². The predicted molar refractivity (Wildman–Crippen MR) is 130 cm³/mol. The molecule has 1 N–H and O–H groups in total. The monoisotopic (exact) mass is 492 g/mol. The van der Waals surface area contributed by atoms with Gasteiger partial charge in [0.2, 0.25) is 0 Å². The lowest BCUT2D eigenvalue weighted by atomic mass is 9.91. The summed E-state index contributed by atoms with van der Waals surface area (Å²) >= 11 is 0. The number of benzene rings is 3. The fourth-order valence-electron chi connectivity index (χ4n) is 4.44. The van der Waals surface area contributed by atoms with E-state index in [9.17, 15) is 23.1 Å². The number of hydrogen-bond donors (Lipinski definition) is 1. The van der Waals surface area contributed by atoms with E-state index >= 15 is 0 Å². The van der Waals surface area contributed by atoms with Crippen LogP contribution >= 0.6 is 0 Å². The number of ether oxygens (including phenoxy) is 1. The molecular formula is C28H23F3N2O3. The molecule has 184 valence electrons. The molecule has 5 rings (SSSR count). The van der Waals surface area contributed by atoms with Gasteiger partial charge in [0, 0.05) is 71.5 Å². The number of phenols is 1. The summed E-state index contributed by atoms with van der Waals surface area (Å²) in [5.41, 5.74) is 1.17. The van der Waals surface area contributed by atoms with Crippen LogP contribution in [0.2, 0.25) is 0 Å². The second kappa shape index (κ2) is 9.99. The number of pyridine rings is 1. The van der Waals surface area contributed by atoms with Crippen molar-refractivity contribution < 1.29 is 27.8 Å². The summed E-state index contributed by atoms with van der Waals surface area (Å²) in [6.07, 6.45) is 1.35. The van der Waals surface area contributed by atoms with Crippen LogP contribution in [0.1, 0.15) is 15.9 Å². The van der Waals surface area contributed by atoms with E-state index in [-0.39, 0.29) is 40.8 Å². The van der Waals surface area contributed by atoms with Crippen LogP contribution in [0, 0.1) is 17.6 Å². The number of nitrogens with zero attached hydrogens (tertiary/aromatic N) is 2. The molecule has 4 aromatic rings. The van der Waals surface area contributed by atoms with Gasteiger partial charge < -0.3 is 9.84 Å². The van der Waals surface area contributed by atoms with Crippen LogP contribution in [0.4, 0.5) is 13.2 Å². The zero-order valence-electron chi connectivity index (χ0n) is 19.3. The second-order valence-electron chi connectivity index (χ2n) is 8.85. The summed E-state index contributed by atoms with van der Waals surface area (Å²) < 4.78 is 46.5. The quantitative estimate of drug-likeness (QED) is 0.334. The Morgan fingerprint density at radius 2 is 1.81 bits per heavy atom. The van der Waals surface area contributed by atoms with Gasteiger partial charge in [-0.05, 0) is 48.5 Å². The van der Waals surface area contributed by atoms with Crippen molar-refractivity contribution in [3.05, 3.63) is 89.6 Å². The number of rotatable bonds is 8. The highest BCUT2D eigenvalue weighted by Gasteiger charge is 2.26. The lowest BCUT2D eigenvalue weighted by molar-refractivity contribution is 0.0668. The number of alkyl halides is 1. The number of halogens is 3. The zero-order valence-corrected chi connectivity index (χ0v) is 19.3. The average molecular weight is 492 g/mol. The maximum absolute atomic E-state index is 14.7. The van der Waals surface area contributed by atoms with Crippen molar-refractivity contribution >= 4 is 16.7 Å². The fourth-order valence-corrected chi connectivity index (χ4v) is 4.44. The van der Waals surface area contributed by atoms with Crippen LogP contribution in [-0.4, -0.2) is 53.7 Å². The van der Waals surface area contributed by atoms with E-state index in [0.717, 1.165) is 25.2 Å². The first-order chi connectivity index (χ1) is 17.4. The summed E-state index contributed by atoms with van der Waals surface area (Å²) in [5, 5.41) is 10.3. The summed E-state index contributed by atoms with van der Waals surface area (Å²) in [7, 11) is 0. The van der Waals surface area contributed by atoms with Crippen molar-refractivity contribution in [2.75, 3.05) is 32.9 Å². The maximum Gasteiger partial charge on any atom is 0.194 e. The Morgan fingerprint density at radius 3 is 2.53 bits per heavy atom. The molecule has 1 fully saturated rings. The molecule has 8 heteroatoms. The summed E-state index contributed by atoms with van der Waals surface area (Å²) in [5.74, 6) is -1.23. The van der Waals surface area contributed by atoms with Gasteiger partial charge in [0.1, 0.15) is 29.7 Å². The second-order valence-corrected chi connectivity index (χ2v) is 8.85. The molecule has 3 aromatic carbocycles. The Balaban J connectivity index is 1.43. The SMILES string of the molecule is O=C(c1ccc(OCCN2CC(CF)C2)cc1)c1c(-c2ccc(F)cc2F)cnc2cc(O)ccc12. The molecule has 0 amide bonds. The molecular weight excluding hydrogens is 469 g/mol. The van der Waals surface area contributed by atoms with Crippen LogP contribution < -0.4 is 4.74 Å². The number of fused-ring (bicyclic) bond motifs is 1. The summed E-state index contributed by atoms with van der Waals surface area (Å²) in [6.45, 7) is 2.32. The van der Waals surface area contributed by atoms with Crippen molar-refractivity contribution in [3.63, 3.8) is 0 Å². The minimum atomic E-state index is -0.812. The zero-order chi connectivity index (χ0) is 25.2. The van der Waals surface area contributed by atoms with Crippen LogP contribution in [-0.2, 0) is 0 Å². The minimum absolute atomic E-state index is 0.0194. The summed E-state index contributed by atoms with van der Waals surface area (Å²) in [6, 6.07) is 14.2. The largest absolute Gasteiger partial charge is 0.508 e. The van der Waals surface area contributed by atoms with Crippen LogP contribution in [0.5, 0.6) is 11.5 Å². The highest BCUT2D eigenvalue weighted by molar-refractivity contribution is 6.19. The Bertz CT molecular complexity index is 1420. The van der Waals surface area contributed by atoms with Crippen molar-refractivity contribution in [2.45, 2.75) is 0 Å². The molecule has 1 aliphatic rings. The highest BCUT2D eigenvalue weighted by Crippen LogP contribution is 2.34. The molecule has 0 bridgehead atoms. The molecule has 5 nitrogen and oxygen atoms in total. The first-order valence-corrected chi connectivity index (χ1v) is 11.6. The predicted octanol–water partition coefficient (Wildman–Crippen LogP) is 5.40. The molecule has 0 unspecified atom stereocenters. The van der Waals surface area contributed by atoms with Gasteiger partial charge >= 0.3 is 0 Å². The first kappa shape index (κ1) is 23.8. The van der Waals surface area contributed by atoms with Gasteiger partial charge in [-0.15, -0.1) is 0 Å². The van der Waals surface area contributed by atoms with E-state index in [2.05, 4.69) is 9.88 Å².